The van der Waals surface area contributed by atoms with Crippen LogP contribution in [0.4, 0.5) is 0 Å². The van der Waals surface area contributed by atoms with Crippen LogP contribution < -0.4 is 5.48 Å². The van der Waals surface area contributed by atoms with E-state index in [1.165, 1.54) is 70.6 Å². The second-order valence-electron chi connectivity index (χ2n) is 12.3. The summed E-state index contributed by atoms with van der Waals surface area (Å²) in [6.07, 6.45) is 7.43. The number of fused-ring (bicyclic) bond motifs is 7. The Kier molecular flexibility index (Phi) is 6.49. The lowest BCUT2D eigenvalue weighted by Gasteiger charge is -2.35. The highest BCUT2D eigenvalue weighted by atomic mass is 16.8. The third-order valence-corrected chi connectivity index (χ3v) is 9.77. The Balaban J connectivity index is 1.41. The number of ether oxygens (including phenoxy) is 1. The van der Waals surface area contributed by atoms with E-state index in [2.05, 4.69) is 51.3 Å². The fourth-order valence-corrected chi connectivity index (χ4v) is 7.71. The maximum Gasteiger partial charge on any atom is 0.276 e. The minimum Gasteiger partial charge on any atom is -0.378 e. The maximum atomic E-state index is 13.1. The molecule has 7 heteroatoms. The summed E-state index contributed by atoms with van der Waals surface area (Å²) in [6, 6.07) is 15.3. The molecule has 0 radical (unpaired) electrons. The van der Waals surface area contributed by atoms with Gasteiger partial charge < -0.3 is 14.2 Å². The molecule has 1 aromatic heterocycles. The van der Waals surface area contributed by atoms with Gasteiger partial charge in [-0.3, -0.25) is 4.79 Å². The molecule has 7 nitrogen and oxygen atoms in total. The van der Waals surface area contributed by atoms with Crippen molar-refractivity contribution in [3.05, 3.63) is 71.4 Å². The molecule has 2 atom stereocenters. The number of hydroxylamine groups is 3. The number of rotatable bonds is 6. The summed E-state index contributed by atoms with van der Waals surface area (Å²) in [5, 5.41) is 2.76. The molecule has 1 saturated heterocycles. The van der Waals surface area contributed by atoms with Crippen molar-refractivity contribution in [2.45, 2.75) is 56.9 Å². The molecule has 2 aromatic carbocycles. The molecule has 7 rings (SSSR count). The van der Waals surface area contributed by atoms with Crippen LogP contribution in [0.15, 0.2) is 54.7 Å². The Morgan fingerprint density at radius 3 is 2.65 bits per heavy atom. The van der Waals surface area contributed by atoms with E-state index in [9.17, 15) is 4.79 Å². The summed E-state index contributed by atoms with van der Waals surface area (Å²) >= 11 is 0. The topological polar surface area (TPSA) is 59.0 Å². The van der Waals surface area contributed by atoms with Crippen LogP contribution in [0, 0.1) is 5.41 Å². The van der Waals surface area contributed by atoms with Gasteiger partial charge in [0.2, 0.25) is 0 Å². The monoisotopic (exact) mass is 540 g/mol. The Morgan fingerprint density at radius 2 is 1.88 bits per heavy atom. The second kappa shape index (κ2) is 10.1. The Labute approximate surface area is 236 Å². The highest BCUT2D eigenvalue weighted by molar-refractivity contribution is 6.01. The first-order chi connectivity index (χ1) is 19.5. The zero-order valence-electron chi connectivity index (χ0n) is 23.7. The first kappa shape index (κ1) is 25.8. The molecule has 40 heavy (non-hydrogen) atoms. The standard InChI is InChI=1S/C33H40N4O3/c1-22(36-15-17-39-18-16-36)33-20-28(33)25-11-7-8-12-26(25)31-30(23-9-5-4-6-10-23)27-14-13-24(19-29(27)37(31)21-33)32(38)34-40-35(2)3/h7-8,11-14,19,23,28H,1,4-6,9-10,15-18,20-21H2,2-3H3,(H,34,38). The predicted molar refractivity (Wildman–Crippen MR) is 157 cm³/mol. The van der Waals surface area contributed by atoms with E-state index in [-0.39, 0.29) is 11.3 Å². The number of aromatic nitrogens is 1. The third-order valence-electron chi connectivity index (χ3n) is 9.77. The summed E-state index contributed by atoms with van der Waals surface area (Å²) in [4.78, 5) is 20.8. The van der Waals surface area contributed by atoms with Crippen LogP contribution in [0.3, 0.4) is 0 Å². The van der Waals surface area contributed by atoms with Gasteiger partial charge in [0, 0.05) is 66.9 Å². The largest absolute Gasteiger partial charge is 0.378 e. The van der Waals surface area contributed by atoms with Gasteiger partial charge in [0.15, 0.2) is 0 Å². The summed E-state index contributed by atoms with van der Waals surface area (Å²) in [6.45, 7) is 8.93. The molecule has 1 N–H and O–H groups in total. The fourth-order valence-electron chi connectivity index (χ4n) is 7.71. The van der Waals surface area contributed by atoms with Crippen molar-refractivity contribution in [3.63, 3.8) is 0 Å². The summed E-state index contributed by atoms with van der Waals surface area (Å²) in [5.74, 6) is 0.745. The molecule has 210 valence electrons. The van der Waals surface area contributed by atoms with Gasteiger partial charge in [-0.05, 0) is 54.4 Å². The molecule has 2 unspecified atom stereocenters. The number of nitrogens with one attached hydrogen (secondary N) is 1. The number of carbonyl (C=O) groups excluding carboxylic acids is 1. The Hall–Kier alpha value is -3.13. The van der Waals surface area contributed by atoms with Gasteiger partial charge in [0.1, 0.15) is 0 Å². The summed E-state index contributed by atoms with van der Waals surface area (Å²) in [7, 11) is 3.49. The number of amides is 1. The highest BCUT2D eigenvalue weighted by Crippen LogP contribution is 2.68. The molecule has 0 spiro atoms. The minimum absolute atomic E-state index is 0.0270. The van der Waals surface area contributed by atoms with Crippen LogP contribution in [0.2, 0.25) is 0 Å². The number of hydrogen-bond donors (Lipinski definition) is 1. The minimum atomic E-state index is -0.240. The van der Waals surface area contributed by atoms with Crippen molar-refractivity contribution in [2.24, 2.45) is 5.41 Å². The number of hydrogen-bond acceptors (Lipinski definition) is 5. The van der Waals surface area contributed by atoms with Crippen molar-refractivity contribution in [3.8, 4) is 11.3 Å². The zero-order chi connectivity index (χ0) is 27.4. The Morgan fingerprint density at radius 1 is 1.10 bits per heavy atom. The van der Waals surface area contributed by atoms with Crippen molar-refractivity contribution < 1.29 is 14.5 Å². The number of benzene rings is 2. The molecular formula is C33H40N4O3. The first-order valence-corrected chi connectivity index (χ1v) is 14.9. The number of carbonyl (C=O) groups is 1. The van der Waals surface area contributed by atoms with Crippen LogP contribution in [0.25, 0.3) is 22.2 Å². The van der Waals surface area contributed by atoms with Crippen LogP contribution in [0.1, 0.15) is 71.8 Å². The van der Waals surface area contributed by atoms with Crippen LogP contribution >= 0.6 is 0 Å². The predicted octanol–water partition coefficient (Wildman–Crippen LogP) is 5.83. The molecule has 2 aliphatic heterocycles. The van der Waals surface area contributed by atoms with Gasteiger partial charge >= 0.3 is 0 Å². The number of nitrogens with zero attached hydrogens (tertiary/aromatic N) is 3. The smallest absolute Gasteiger partial charge is 0.276 e. The van der Waals surface area contributed by atoms with Gasteiger partial charge in [0.25, 0.3) is 5.91 Å². The van der Waals surface area contributed by atoms with E-state index in [1.807, 2.05) is 6.07 Å². The van der Waals surface area contributed by atoms with Crippen LogP contribution in [-0.4, -0.2) is 60.8 Å². The van der Waals surface area contributed by atoms with Gasteiger partial charge in [-0.2, -0.15) is 10.0 Å². The van der Waals surface area contributed by atoms with Gasteiger partial charge in [-0.15, -0.1) is 0 Å². The maximum absolute atomic E-state index is 13.1. The van der Waals surface area contributed by atoms with Crippen molar-refractivity contribution in [1.29, 1.82) is 0 Å². The molecule has 1 amide bonds. The fraction of sp³-hybridized carbons (Fsp3) is 0.485. The van der Waals surface area contributed by atoms with E-state index < -0.39 is 0 Å². The molecule has 2 saturated carbocycles. The normalized spacial score (nSPS) is 24.3. The summed E-state index contributed by atoms with van der Waals surface area (Å²) in [5.41, 5.74) is 11.2. The molecule has 2 aliphatic carbocycles. The van der Waals surface area contributed by atoms with E-state index in [1.54, 1.807) is 14.1 Å². The lowest BCUT2D eigenvalue weighted by atomic mass is 9.81. The van der Waals surface area contributed by atoms with Crippen molar-refractivity contribution in [1.82, 2.24) is 20.0 Å². The van der Waals surface area contributed by atoms with E-state index in [0.29, 0.717) is 17.4 Å². The molecular weight excluding hydrogens is 500 g/mol. The first-order valence-electron chi connectivity index (χ1n) is 14.9. The lowest BCUT2D eigenvalue weighted by Crippen LogP contribution is -2.39. The average Bonchev–Trinajstić information content (AvgIpc) is 3.66. The molecule has 0 bridgehead atoms. The molecule has 4 aliphatic rings. The molecule has 3 aromatic rings. The van der Waals surface area contributed by atoms with E-state index >= 15 is 0 Å². The van der Waals surface area contributed by atoms with Gasteiger partial charge in [0.05, 0.1) is 18.9 Å². The van der Waals surface area contributed by atoms with Crippen LogP contribution in [0.5, 0.6) is 0 Å². The Bertz CT molecular complexity index is 1460. The van der Waals surface area contributed by atoms with E-state index in [0.717, 1.165) is 44.8 Å². The van der Waals surface area contributed by atoms with Gasteiger partial charge in [-0.1, -0.05) is 56.2 Å². The lowest BCUT2D eigenvalue weighted by molar-refractivity contribution is -0.161. The second-order valence-corrected chi connectivity index (χ2v) is 12.3. The molecule has 3 heterocycles. The third kappa shape index (κ3) is 4.18. The van der Waals surface area contributed by atoms with Crippen molar-refractivity contribution >= 4 is 16.8 Å². The number of morpholine rings is 1. The van der Waals surface area contributed by atoms with Crippen LogP contribution in [-0.2, 0) is 16.2 Å². The SMILES string of the molecule is C=C(N1CCOCC1)C12CC1c1ccccc1-c1c(C3CCCCC3)c3ccc(C(=O)NON(C)C)cc3n1C2. The highest BCUT2D eigenvalue weighted by Gasteiger charge is 2.60. The van der Waals surface area contributed by atoms with E-state index in [4.69, 9.17) is 16.3 Å². The number of allylic oxidation sites excluding steroid dienone is 1. The van der Waals surface area contributed by atoms with Crippen molar-refractivity contribution in [2.75, 3.05) is 40.4 Å². The molecule has 3 fully saturated rings. The zero-order valence-corrected chi connectivity index (χ0v) is 23.7. The van der Waals surface area contributed by atoms with Gasteiger partial charge in [-0.25, -0.2) is 5.48 Å². The summed E-state index contributed by atoms with van der Waals surface area (Å²) < 4.78 is 8.24. The quantitative estimate of drug-likeness (QED) is 0.399. The average molecular weight is 541 g/mol.